The molecule has 5 nitrogen and oxygen atoms in total. The Morgan fingerprint density at radius 1 is 1.64 bits per heavy atom. The van der Waals surface area contributed by atoms with E-state index in [1.165, 1.54) is 0 Å². The topological polar surface area (TPSA) is 86.5 Å². The summed E-state index contributed by atoms with van der Waals surface area (Å²) in [5.74, 6) is -0.772. The lowest BCUT2D eigenvalue weighted by molar-refractivity contribution is 0.0602. The molecule has 1 rings (SSSR count). The minimum atomic E-state index is -3.94. The van der Waals surface area contributed by atoms with Gasteiger partial charge in [0.2, 0.25) is 10.0 Å². The van der Waals surface area contributed by atoms with Crippen LogP contribution in [0.3, 0.4) is 0 Å². The van der Waals surface area contributed by atoms with Gasteiger partial charge in [0, 0.05) is 0 Å². The molecule has 78 valence electrons. The van der Waals surface area contributed by atoms with Crippen LogP contribution in [0.2, 0.25) is 4.34 Å². The highest BCUT2D eigenvalue weighted by Gasteiger charge is 2.23. The number of carbonyl (C=O) groups is 1. The average molecular weight is 256 g/mol. The third kappa shape index (κ3) is 2.24. The van der Waals surface area contributed by atoms with Crippen molar-refractivity contribution in [2.45, 2.75) is 4.90 Å². The van der Waals surface area contributed by atoms with Crippen LogP contribution in [0.15, 0.2) is 11.0 Å². The number of ether oxygens (including phenoxy) is 1. The molecule has 14 heavy (non-hydrogen) atoms. The van der Waals surface area contributed by atoms with E-state index in [-0.39, 0.29) is 14.1 Å². The number of halogens is 1. The van der Waals surface area contributed by atoms with Crippen molar-refractivity contribution in [3.63, 3.8) is 0 Å². The third-order valence-electron chi connectivity index (χ3n) is 1.35. The van der Waals surface area contributed by atoms with Gasteiger partial charge in [-0.3, -0.25) is 0 Å². The summed E-state index contributed by atoms with van der Waals surface area (Å²) in [5.41, 5.74) is 0. The number of thiophene rings is 1. The van der Waals surface area contributed by atoms with E-state index in [2.05, 4.69) is 4.74 Å². The molecule has 0 radical (unpaired) electrons. The quantitative estimate of drug-likeness (QED) is 0.794. The van der Waals surface area contributed by atoms with Gasteiger partial charge in [-0.15, -0.1) is 11.3 Å². The van der Waals surface area contributed by atoms with E-state index < -0.39 is 16.0 Å². The molecule has 0 atom stereocenters. The zero-order valence-corrected chi connectivity index (χ0v) is 9.37. The van der Waals surface area contributed by atoms with E-state index in [4.69, 9.17) is 16.7 Å². The van der Waals surface area contributed by atoms with Crippen molar-refractivity contribution in [3.8, 4) is 0 Å². The first kappa shape index (κ1) is 11.4. The van der Waals surface area contributed by atoms with Crippen LogP contribution in [0, 0.1) is 0 Å². The number of methoxy groups -OCH3 is 1. The second kappa shape index (κ2) is 3.85. The van der Waals surface area contributed by atoms with Crippen LogP contribution >= 0.6 is 22.9 Å². The van der Waals surface area contributed by atoms with Gasteiger partial charge in [0.15, 0.2) is 0 Å². The van der Waals surface area contributed by atoms with Crippen molar-refractivity contribution >= 4 is 38.9 Å². The lowest BCUT2D eigenvalue weighted by Gasteiger charge is -1.98. The number of esters is 1. The maximum Gasteiger partial charge on any atom is 0.349 e. The number of carbonyl (C=O) groups excluding carboxylic acids is 1. The summed E-state index contributed by atoms with van der Waals surface area (Å²) in [6.07, 6.45) is 0. The Morgan fingerprint density at radius 3 is 2.64 bits per heavy atom. The summed E-state index contributed by atoms with van der Waals surface area (Å²) >= 11 is 6.37. The Morgan fingerprint density at radius 2 is 2.21 bits per heavy atom. The van der Waals surface area contributed by atoms with Gasteiger partial charge >= 0.3 is 5.97 Å². The monoisotopic (exact) mass is 255 g/mol. The lowest BCUT2D eigenvalue weighted by atomic mass is 10.5. The molecule has 1 aromatic rings. The van der Waals surface area contributed by atoms with Crippen LogP contribution < -0.4 is 5.14 Å². The van der Waals surface area contributed by atoms with E-state index in [1.54, 1.807) is 0 Å². The van der Waals surface area contributed by atoms with Crippen molar-refractivity contribution in [3.05, 3.63) is 15.3 Å². The maximum absolute atomic E-state index is 11.1. The van der Waals surface area contributed by atoms with Crippen LogP contribution in [0.1, 0.15) is 9.67 Å². The molecule has 0 spiro atoms. The Bertz CT molecular complexity index is 464. The number of sulfonamides is 1. The predicted molar refractivity (Wildman–Crippen MR) is 52.0 cm³/mol. The van der Waals surface area contributed by atoms with Gasteiger partial charge in [-0.2, -0.15) is 0 Å². The Labute approximate surface area is 89.5 Å². The van der Waals surface area contributed by atoms with Crippen molar-refractivity contribution in [2.24, 2.45) is 5.14 Å². The molecule has 2 N–H and O–H groups in total. The van der Waals surface area contributed by atoms with Crippen LogP contribution in [0.5, 0.6) is 0 Å². The summed E-state index contributed by atoms with van der Waals surface area (Å²) < 4.78 is 26.6. The molecule has 0 bridgehead atoms. The first-order chi connectivity index (χ1) is 6.36. The number of rotatable bonds is 2. The summed E-state index contributed by atoms with van der Waals surface area (Å²) in [7, 11) is -2.80. The first-order valence-corrected chi connectivity index (χ1v) is 6.01. The molecule has 0 aliphatic rings. The highest BCUT2D eigenvalue weighted by atomic mass is 35.5. The first-order valence-electron chi connectivity index (χ1n) is 3.26. The van der Waals surface area contributed by atoms with Crippen LogP contribution in [0.25, 0.3) is 0 Å². The standard InChI is InChI=1S/C6H6ClNO4S2/c1-12-6(9)5-3(14(8,10)11)2-4(7)13-5/h2H,1H3,(H2,8,10,11). The van der Waals surface area contributed by atoms with Crippen LogP contribution in [0.4, 0.5) is 0 Å². The minimum Gasteiger partial charge on any atom is -0.465 e. The molecular formula is C6H6ClNO4S2. The van der Waals surface area contributed by atoms with Gasteiger partial charge in [-0.05, 0) is 6.07 Å². The second-order valence-corrected chi connectivity index (χ2v) is 5.49. The number of nitrogens with two attached hydrogens (primary N) is 1. The number of hydrogen-bond donors (Lipinski definition) is 1. The third-order valence-corrected chi connectivity index (χ3v) is 3.65. The largest absolute Gasteiger partial charge is 0.465 e. The summed E-state index contributed by atoms with van der Waals surface area (Å²) in [6, 6.07) is 1.12. The summed E-state index contributed by atoms with van der Waals surface area (Å²) in [4.78, 5) is 10.7. The van der Waals surface area contributed by atoms with Gasteiger partial charge in [0.05, 0.1) is 11.4 Å². The number of primary sulfonamides is 1. The lowest BCUT2D eigenvalue weighted by Crippen LogP contribution is -2.15. The molecular weight excluding hydrogens is 250 g/mol. The van der Waals surface area contributed by atoms with Crippen molar-refractivity contribution in [1.29, 1.82) is 0 Å². The van der Waals surface area contributed by atoms with Crippen LogP contribution in [-0.4, -0.2) is 21.5 Å². The van der Waals surface area contributed by atoms with E-state index in [1.807, 2.05) is 0 Å². The molecule has 0 fully saturated rings. The smallest absolute Gasteiger partial charge is 0.349 e. The molecule has 0 aliphatic carbocycles. The molecule has 1 aromatic heterocycles. The van der Waals surface area contributed by atoms with Crippen molar-refractivity contribution in [1.82, 2.24) is 0 Å². The normalized spacial score (nSPS) is 11.4. The zero-order chi connectivity index (χ0) is 10.9. The molecule has 0 aliphatic heterocycles. The van der Waals surface area contributed by atoms with Gasteiger partial charge in [0.1, 0.15) is 9.77 Å². The summed E-state index contributed by atoms with van der Waals surface area (Å²) in [5, 5.41) is 4.88. The molecule has 8 heteroatoms. The molecule has 0 saturated carbocycles. The molecule has 0 unspecified atom stereocenters. The fourth-order valence-electron chi connectivity index (χ4n) is 0.792. The molecule has 0 amide bonds. The summed E-state index contributed by atoms with van der Waals surface area (Å²) in [6.45, 7) is 0. The van der Waals surface area contributed by atoms with E-state index in [9.17, 15) is 13.2 Å². The molecule has 1 heterocycles. The molecule has 0 aromatic carbocycles. The SMILES string of the molecule is COC(=O)c1sc(Cl)cc1S(N)(=O)=O. The Hall–Kier alpha value is -0.630. The van der Waals surface area contributed by atoms with Crippen molar-refractivity contribution < 1.29 is 17.9 Å². The Balaban J connectivity index is 3.38. The van der Waals surface area contributed by atoms with Crippen LogP contribution in [-0.2, 0) is 14.8 Å². The Kier molecular flexibility index (Phi) is 3.15. The maximum atomic E-state index is 11.1. The second-order valence-electron chi connectivity index (χ2n) is 2.28. The van der Waals surface area contributed by atoms with E-state index >= 15 is 0 Å². The van der Waals surface area contributed by atoms with Crippen molar-refractivity contribution in [2.75, 3.05) is 7.11 Å². The average Bonchev–Trinajstić information content (AvgIpc) is 2.45. The predicted octanol–water partition coefficient (Wildman–Crippen LogP) is 0.835. The fraction of sp³-hybridized carbons (Fsp3) is 0.167. The highest BCUT2D eigenvalue weighted by Crippen LogP contribution is 2.29. The minimum absolute atomic E-state index is 0.111. The van der Waals surface area contributed by atoms with E-state index in [0.29, 0.717) is 0 Å². The molecule has 0 saturated heterocycles. The zero-order valence-electron chi connectivity index (χ0n) is 6.98. The highest BCUT2D eigenvalue weighted by molar-refractivity contribution is 7.89. The van der Waals surface area contributed by atoms with Gasteiger partial charge in [0.25, 0.3) is 0 Å². The van der Waals surface area contributed by atoms with Gasteiger partial charge in [-0.25, -0.2) is 18.4 Å². The van der Waals surface area contributed by atoms with Gasteiger partial charge in [-0.1, -0.05) is 11.6 Å². The van der Waals surface area contributed by atoms with E-state index in [0.717, 1.165) is 24.5 Å². The fourth-order valence-corrected chi connectivity index (χ4v) is 3.07. The van der Waals surface area contributed by atoms with Gasteiger partial charge < -0.3 is 4.74 Å². The number of hydrogen-bond acceptors (Lipinski definition) is 5.